The van der Waals surface area contributed by atoms with Crippen LogP contribution in [0, 0.1) is 5.95 Å². The molecule has 5 nitrogen and oxygen atoms in total. The van der Waals surface area contributed by atoms with Crippen LogP contribution in [0.3, 0.4) is 0 Å². The maximum Gasteiger partial charge on any atom is 0.256 e. The molecular weight excluding hydrogens is 345 g/mol. The Morgan fingerprint density at radius 2 is 2.22 bits per heavy atom. The molecule has 1 spiro atoms. The highest BCUT2D eigenvalue weighted by Gasteiger charge is 2.46. The number of rotatable bonds is 5. The summed E-state index contributed by atoms with van der Waals surface area (Å²) >= 11 is 0. The molecule has 3 heterocycles. The zero-order valence-corrected chi connectivity index (χ0v) is 16.2. The Kier molecular flexibility index (Phi) is 6.07. The van der Waals surface area contributed by atoms with Gasteiger partial charge in [0.15, 0.2) is 0 Å². The number of allylic oxidation sites excluding steroid dienone is 2. The number of aromatic nitrogens is 1. The van der Waals surface area contributed by atoms with Gasteiger partial charge in [-0.2, -0.15) is 4.39 Å². The van der Waals surface area contributed by atoms with Crippen molar-refractivity contribution in [3.05, 3.63) is 48.6 Å². The van der Waals surface area contributed by atoms with Crippen molar-refractivity contribution in [1.82, 2.24) is 9.88 Å². The first-order valence-electron chi connectivity index (χ1n) is 9.58. The summed E-state index contributed by atoms with van der Waals surface area (Å²) in [6.45, 7) is 10.8. The zero-order chi connectivity index (χ0) is 19.4. The predicted molar refractivity (Wildman–Crippen MR) is 104 cm³/mol. The average Bonchev–Trinajstić information content (AvgIpc) is 2.68. The molecular formula is C21H28FN3O2. The van der Waals surface area contributed by atoms with Gasteiger partial charge in [0.2, 0.25) is 5.95 Å². The lowest BCUT2D eigenvalue weighted by Crippen LogP contribution is -2.61. The van der Waals surface area contributed by atoms with Gasteiger partial charge in [-0.05, 0) is 45.2 Å². The number of nitrogens with zero attached hydrogens (tertiary/aromatic N) is 3. The van der Waals surface area contributed by atoms with Crippen molar-refractivity contribution in [2.75, 3.05) is 31.1 Å². The van der Waals surface area contributed by atoms with Crippen molar-refractivity contribution in [3.63, 3.8) is 0 Å². The van der Waals surface area contributed by atoms with E-state index in [9.17, 15) is 9.18 Å². The lowest BCUT2D eigenvalue weighted by atomic mass is 9.88. The normalized spacial score (nSPS) is 23.7. The van der Waals surface area contributed by atoms with Crippen LogP contribution < -0.4 is 4.90 Å². The lowest BCUT2D eigenvalue weighted by Gasteiger charge is -2.49. The Balaban J connectivity index is 1.67. The topological polar surface area (TPSA) is 45.7 Å². The number of morpholine rings is 1. The molecule has 1 unspecified atom stereocenters. The van der Waals surface area contributed by atoms with Gasteiger partial charge < -0.3 is 14.5 Å². The molecule has 0 aromatic carbocycles. The molecule has 146 valence electrons. The Morgan fingerprint density at radius 1 is 1.48 bits per heavy atom. The van der Waals surface area contributed by atoms with Gasteiger partial charge in [0.1, 0.15) is 6.10 Å². The number of hydrogen-bond acceptors (Lipinski definition) is 4. The second kappa shape index (κ2) is 8.31. The van der Waals surface area contributed by atoms with E-state index in [1.54, 1.807) is 19.1 Å². The summed E-state index contributed by atoms with van der Waals surface area (Å²) in [7, 11) is 0. The predicted octanol–water partition coefficient (Wildman–Crippen LogP) is 3.33. The quantitative estimate of drug-likeness (QED) is 0.587. The van der Waals surface area contributed by atoms with Crippen LogP contribution in [0.25, 0.3) is 0 Å². The molecule has 0 aliphatic carbocycles. The van der Waals surface area contributed by atoms with Gasteiger partial charge in [-0.15, -0.1) is 0 Å². The number of carbonyl (C=O) groups is 1. The van der Waals surface area contributed by atoms with Gasteiger partial charge in [0.25, 0.3) is 5.91 Å². The first-order chi connectivity index (χ1) is 13.0. The highest BCUT2D eigenvalue weighted by Crippen LogP contribution is 2.35. The van der Waals surface area contributed by atoms with Gasteiger partial charge in [-0.25, -0.2) is 4.98 Å². The summed E-state index contributed by atoms with van der Waals surface area (Å²) in [6.07, 6.45) is 7.43. The number of anilines is 1. The molecule has 3 rings (SSSR count). The van der Waals surface area contributed by atoms with Crippen molar-refractivity contribution in [1.29, 1.82) is 0 Å². The summed E-state index contributed by atoms with van der Waals surface area (Å²) in [5.41, 5.74) is 1.07. The first-order valence-corrected chi connectivity index (χ1v) is 9.58. The summed E-state index contributed by atoms with van der Waals surface area (Å²) in [4.78, 5) is 20.2. The number of likely N-dealkylation sites (tertiary alicyclic amines) is 1. The molecule has 2 aliphatic heterocycles. The van der Waals surface area contributed by atoms with E-state index >= 15 is 0 Å². The van der Waals surface area contributed by atoms with Crippen molar-refractivity contribution >= 4 is 11.6 Å². The molecule has 1 aromatic rings. The van der Waals surface area contributed by atoms with Crippen molar-refractivity contribution < 1.29 is 13.9 Å². The number of pyridine rings is 1. The number of halogens is 1. The SMILES string of the molecule is C=C/C(=C\C)CCN1CCC2(CC1)CN(c1cccnc1F)C(=O)C(C)O2. The molecule has 27 heavy (non-hydrogen) atoms. The summed E-state index contributed by atoms with van der Waals surface area (Å²) < 4.78 is 20.3. The van der Waals surface area contributed by atoms with E-state index in [4.69, 9.17) is 4.74 Å². The summed E-state index contributed by atoms with van der Waals surface area (Å²) in [6, 6.07) is 3.26. The van der Waals surface area contributed by atoms with Gasteiger partial charge >= 0.3 is 0 Å². The fourth-order valence-electron chi connectivity index (χ4n) is 3.94. The second-order valence-corrected chi connectivity index (χ2v) is 7.34. The minimum Gasteiger partial charge on any atom is -0.360 e. The molecule has 6 heteroatoms. The molecule has 2 saturated heterocycles. The van der Waals surface area contributed by atoms with Crippen LogP contribution in [0.5, 0.6) is 0 Å². The van der Waals surface area contributed by atoms with E-state index in [1.807, 2.05) is 13.0 Å². The lowest BCUT2D eigenvalue weighted by molar-refractivity contribution is -0.161. The molecule has 1 aromatic heterocycles. The van der Waals surface area contributed by atoms with Gasteiger partial charge in [-0.1, -0.05) is 24.3 Å². The Morgan fingerprint density at radius 3 is 2.85 bits per heavy atom. The van der Waals surface area contributed by atoms with E-state index in [2.05, 4.69) is 22.5 Å². The van der Waals surface area contributed by atoms with Crippen LogP contribution in [0.15, 0.2) is 42.6 Å². The van der Waals surface area contributed by atoms with Crippen molar-refractivity contribution in [2.24, 2.45) is 0 Å². The first kappa shape index (κ1) is 19.7. The molecule has 0 N–H and O–H groups in total. The largest absolute Gasteiger partial charge is 0.360 e. The van der Waals surface area contributed by atoms with Crippen LogP contribution in [0.1, 0.15) is 33.1 Å². The van der Waals surface area contributed by atoms with Gasteiger partial charge in [0.05, 0.1) is 17.8 Å². The van der Waals surface area contributed by atoms with Gasteiger partial charge in [0, 0.05) is 25.8 Å². The van der Waals surface area contributed by atoms with E-state index in [1.165, 1.54) is 16.7 Å². The minimum atomic E-state index is -0.615. The average molecular weight is 373 g/mol. The van der Waals surface area contributed by atoms with Crippen LogP contribution >= 0.6 is 0 Å². The van der Waals surface area contributed by atoms with Crippen molar-refractivity contribution in [3.8, 4) is 0 Å². The third-order valence-electron chi connectivity index (χ3n) is 5.63. The monoisotopic (exact) mass is 373 g/mol. The Bertz CT molecular complexity index is 726. The number of hydrogen-bond donors (Lipinski definition) is 0. The minimum absolute atomic E-state index is 0.210. The number of ether oxygens (including phenoxy) is 1. The highest BCUT2D eigenvalue weighted by molar-refractivity contribution is 5.97. The third-order valence-corrected chi connectivity index (χ3v) is 5.63. The maximum atomic E-state index is 14.2. The summed E-state index contributed by atoms with van der Waals surface area (Å²) in [5.74, 6) is -0.825. The molecule has 0 radical (unpaired) electrons. The fraction of sp³-hybridized carbons (Fsp3) is 0.524. The molecule has 2 aliphatic rings. The van der Waals surface area contributed by atoms with Gasteiger partial charge in [-0.3, -0.25) is 4.79 Å². The Hall–Kier alpha value is -2.05. The van der Waals surface area contributed by atoms with Crippen LogP contribution in [-0.2, 0) is 9.53 Å². The highest BCUT2D eigenvalue weighted by atomic mass is 19.1. The van der Waals surface area contributed by atoms with Crippen LogP contribution in [0.2, 0.25) is 0 Å². The van der Waals surface area contributed by atoms with E-state index < -0.39 is 17.7 Å². The zero-order valence-electron chi connectivity index (χ0n) is 16.2. The maximum absolute atomic E-state index is 14.2. The second-order valence-electron chi connectivity index (χ2n) is 7.34. The van der Waals surface area contributed by atoms with Crippen molar-refractivity contribution in [2.45, 2.75) is 44.8 Å². The molecule has 2 fully saturated rings. The van der Waals surface area contributed by atoms with Crippen LogP contribution in [0.4, 0.5) is 10.1 Å². The number of amides is 1. The van der Waals surface area contributed by atoms with E-state index in [-0.39, 0.29) is 11.6 Å². The number of carbonyl (C=O) groups excluding carboxylic acids is 1. The van der Waals surface area contributed by atoms with Crippen LogP contribution in [-0.4, -0.2) is 53.7 Å². The summed E-state index contributed by atoms with van der Waals surface area (Å²) in [5, 5.41) is 0. The standard InChI is InChI=1S/C21H28FN3O2/c1-4-17(5-2)8-12-24-13-9-21(10-14-24)15-25(20(26)16(3)27-21)18-7-6-11-23-19(18)22/h4-7,11,16H,1,8-10,12-15H2,2-3H3/b17-5+. The molecule has 1 atom stereocenters. The molecule has 1 amide bonds. The van der Waals surface area contributed by atoms with E-state index in [0.29, 0.717) is 6.54 Å². The molecule has 0 saturated carbocycles. The molecule has 0 bridgehead atoms. The fourth-order valence-corrected chi connectivity index (χ4v) is 3.94. The third kappa shape index (κ3) is 4.28. The smallest absolute Gasteiger partial charge is 0.256 e. The number of piperidine rings is 1. The van der Waals surface area contributed by atoms with E-state index in [0.717, 1.165) is 38.9 Å². The Labute approximate surface area is 160 Å².